The second-order valence-corrected chi connectivity index (χ2v) is 6.97. The topological polar surface area (TPSA) is 114 Å². The van der Waals surface area contributed by atoms with Crippen LogP contribution in [0.15, 0.2) is 35.4 Å². The van der Waals surface area contributed by atoms with Crippen molar-refractivity contribution in [2.24, 2.45) is 10.8 Å². The first-order valence-corrected chi connectivity index (χ1v) is 9.25. The molecule has 1 aromatic heterocycles. The summed E-state index contributed by atoms with van der Waals surface area (Å²) in [6.45, 7) is 2.11. The van der Waals surface area contributed by atoms with E-state index in [0.717, 1.165) is 24.3 Å². The Kier molecular flexibility index (Phi) is 5.57. The lowest BCUT2D eigenvalue weighted by molar-refractivity contribution is -0.119. The van der Waals surface area contributed by atoms with E-state index >= 15 is 0 Å². The van der Waals surface area contributed by atoms with Crippen molar-refractivity contribution in [1.29, 1.82) is 0 Å². The third kappa shape index (κ3) is 4.05. The van der Waals surface area contributed by atoms with Gasteiger partial charge in [-0.1, -0.05) is 42.9 Å². The van der Waals surface area contributed by atoms with Crippen molar-refractivity contribution in [3.63, 3.8) is 0 Å². The van der Waals surface area contributed by atoms with E-state index in [9.17, 15) is 9.59 Å². The lowest BCUT2D eigenvalue weighted by Gasteiger charge is -2.20. The molecule has 8 nitrogen and oxygen atoms in total. The number of para-hydroxylation sites is 1. The van der Waals surface area contributed by atoms with Crippen molar-refractivity contribution >= 4 is 39.7 Å². The van der Waals surface area contributed by atoms with Crippen LogP contribution < -0.4 is 16.1 Å². The van der Waals surface area contributed by atoms with Gasteiger partial charge < -0.3 is 5.73 Å². The molecule has 2 heterocycles. The number of aromatic nitrogens is 2. The van der Waals surface area contributed by atoms with Crippen LogP contribution in [-0.2, 0) is 16.0 Å². The minimum atomic E-state index is -0.687. The molecule has 136 valence electrons. The highest BCUT2D eigenvalue weighted by Gasteiger charge is 2.35. The van der Waals surface area contributed by atoms with Crippen LogP contribution in [0, 0.1) is 0 Å². The van der Waals surface area contributed by atoms with Gasteiger partial charge in [-0.15, -0.1) is 10.2 Å². The number of carbonyl (C=O) groups excluding carboxylic acids is 2. The maximum absolute atomic E-state index is 12.5. The highest BCUT2D eigenvalue weighted by atomic mass is 32.1. The maximum atomic E-state index is 12.5. The number of benzene rings is 1. The number of aryl methyl sites for hydroxylation is 1. The van der Waals surface area contributed by atoms with Gasteiger partial charge in [0.05, 0.1) is 5.69 Å². The van der Waals surface area contributed by atoms with E-state index in [1.807, 2.05) is 30.3 Å². The normalized spacial score (nSPS) is 16.4. The van der Waals surface area contributed by atoms with Crippen LogP contribution in [0.1, 0.15) is 31.2 Å². The van der Waals surface area contributed by atoms with Gasteiger partial charge in [-0.3, -0.25) is 19.9 Å². The number of hydrazone groups is 1. The molecular formula is C17H20N6O2S. The summed E-state index contributed by atoms with van der Waals surface area (Å²) in [7, 11) is 0. The Bertz CT molecular complexity index is 820. The summed E-state index contributed by atoms with van der Waals surface area (Å²) in [5.41, 5.74) is 6.43. The van der Waals surface area contributed by atoms with Gasteiger partial charge >= 0.3 is 0 Å². The van der Waals surface area contributed by atoms with Crippen LogP contribution >= 0.6 is 11.3 Å². The Morgan fingerprint density at radius 2 is 2.08 bits per heavy atom. The van der Waals surface area contributed by atoms with Crippen LogP contribution in [0.5, 0.6) is 0 Å². The predicted molar refractivity (Wildman–Crippen MR) is 101 cm³/mol. The van der Waals surface area contributed by atoms with E-state index in [4.69, 9.17) is 5.73 Å². The first-order chi connectivity index (χ1) is 12.6. The number of amides is 2. The third-order valence-electron chi connectivity index (χ3n) is 3.95. The number of nitrogens with zero attached hydrogens (tertiary/aromatic N) is 4. The van der Waals surface area contributed by atoms with Crippen LogP contribution in [0.25, 0.3) is 0 Å². The van der Waals surface area contributed by atoms with E-state index in [0.29, 0.717) is 10.8 Å². The van der Waals surface area contributed by atoms with Crippen LogP contribution in [0.3, 0.4) is 0 Å². The van der Waals surface area contributed by atoms with Crippen molar-refractivity contribution < 1.29 is 9.59 Å². The number of hydrogen-bond acceptors (Lipinski definition) is 7. The standard InChI is InChI=1S/C17H20N6O2S/c1-2-3-9-14-20-21-17(26-14)19-16(25)12-10-13(15(18)24)23(22-12)11-7-5-4-6-8-11/h4-8,13H,2-3,9-10H2,1H3,(H2,18,24)(H,19,21,25). The molecule has 0 saturated carbocycles. The fraction of sp³-hybridized carbons (Fsp3) is 0.353. The predicted octanol–water partition coefficient (Wildman–Crippen LogP) is 1.94. The lowest BCUT2D eigenvalue weighted by Crippen LogP contribution is -2.39. The molecule has 0 radical (unpaired) electrons. The van der Waals surface area contributed by atoms with E-state index in [1.54, 1.807) is 0 Å². The van der Waals surface area contributed by atoms with E-state index < -0.39 is 17.9 Å². The summed E-state index contributed by atoms with van der Waals surface area (Å²) < 4.78 is 0. The number of carbonyl (C=O) groups is 2. The summed E-state index contributed by atoms with van der Waals surface area (Å²) in [6.07, 6.45) is 3.09. The number of unbranched alkanes of at least 4 members (excludes halogenated alkanes) is 1. The van der Waals surface area contributed by atoms with Crippen LogP contribution in [0.2, 0.25) is 0 Å². The monoisotopic (exact) mass is 372 g/mol. The third-order valence-corrected chi connectivity index (χ3v) is 4.85. The number of rotatable bonds is 7. The number of hydrogen-bond donors (Lipinski definition) is 2. The first kappa shape index (κ1) is 18.0. The average Bonchev–Trinajstić information content (AvgIpc) is 3.28. The Hall–Kier alpha value is -2.81. The van der Waals surface area contributed by atoms with Crippen molar-refractivity contribution in [2.75, 3.05) is 10.3 Å². The number of anilines is 2. The average molecular weight is 372 g/mol. The first-order valence-electron chi connectivity index (χ1n) is 8.43. The zero-order chi connectivity index (χ0) is 18.5. The highest BCUT2D eigenvalue weighted by Crippen LogP contribution is 2.25. The molecule has 2 amide bonds. The summed E-state index contributed by atoms with van der Waals surface area (Å²) in [5.74, 6) is -0.925. The van der Waals surface area contributed by atoms with Crippen molar-refractivity contribution in [3.05, 3.63) is 35.3 Å². The molecule has 2 aromatic rings. The minimum absolute atomic E-state index is 0.150. The SMILES string of the molecule is CCCCc1nnc(NC(=O)C2=NN(c3ccccc3)C(C(N)=O)C2)s1. The molecule has 9 heteroatoms. The van der Waals surface area contributed by atoms with Gasteiger partial charge in [0.15, 0.2) is 0 Å². The molecule has 1 unspecified atom stereocenters. The molecule has 0 spiro atoms. The van der Waals surface area contributed by atoms with Crippen molar-refractivity contribution in [2.45, 2.75) is 38.6 Å². The Balaban J connectivity index is 1.72. The molecule has 1 aromatic carbocycles. The Labute approximate surface area is 155 Å². The number of nitrogens with one attached hydrogen (secondary N) is 1. The number of primary amides is 1. The molecule has 3 N–H and O–H groups in total. The second-order valence-electron chi connectivity index (χ2n) is 5.91. The molecule has 0 fully saturated rings. The van der Waals surface area contributed by atoms with Gasteiger partial charge in [0, 0.05) is 12.8 Å². The van der Waals surface area contributed by atoms with Gasteiger partial charge in [0.25, 0.3) is 5.91 Å². The molecule has 0 bridgehead atoms. The van der Waals surface area contributed by atoms with E-state index in [1.165, 1.54) is 16.3 Å². The molecule has 1 atom stereocenters. The summed E-state index contributed by atoms with van der Waals surface area (Å²) in [4.78, 5) is 24.3. The second kappa shape index (κ2) is 8.05. The minimum Gasteiger partial charge on any atom is -0.368 e. The fourth-order valence-electron chi connectivity index (χ4n) is 2.59. The summed E-state index contributed by atoms with van der Waals surface area (Å²) in [6, 6.07) is 8.46. The van der Waals surface area contributed by atoms with Gasteiger partial charge in [-0.2, -0.15) is 5.10 Å². The van der Waals surface area contributed by atoms with Crippen molar-refractivity contribution in [3.8, 4) is 0 Å². The molecule has 0 aliphatic carbocycles. The quantitative estimate of drug-likeness (QED) is 0.771. The zero-order valence-electron chi connectivity index (χ0n) is 14.4. The Morgan fingerprint density at radius 1 is 1.31 bits per heavy atom. The lowest BCUT2D eigenvalue weighted by atomic mass is 10.1. The fourth-order valence-corrected chi connectivity index (χ4v) is 3.37. The van der Waals surface area contributed by atoms with Crippen molar-refractivity contribution in [1.82, 2.24) is 10.2 Å². The molecule has 26 heavy (non-hydrogen) atoms. The smallest absolute Gasteiger partial charge is 0.273 e. The largest absolute Gasteiger partial charge is 0.368 e. The van der Waals surface area contributed by atoms with Gasteiger partial charge in [-0.25, -0.2) is 0 Å². The van der Waals surface area contributed by atoms with Gasteiger partial charge in [-0.05, 0) is 18.6 Å². The van der Waals surface area contributed by atoms with Gasteiger partial charge in [0.1, 0.15) is 16.8 Å². The van der Waals surface area contributed by atoms with Gasteiger partial charge in [0.2, 0.25) is 11.0 Å². The summed E-state index contributed by atoms with van der Waals surface area (Å²) >= 11 is 1.35. The number of nitrogens with two attached hydrogens (primary N) is 1. The van der Waals surface area contributed by atoms with Crippen LogP contribution in [-0.4, -0.2) is 33.8 Å². The van der Waals surface area contributed by atoms with Crippen LogP contribution in [0.4, 0.5) is 10.8 Å². The molecular weight excluding hydrogens is 352 g/mol. The summed E-state index contributed by atoms with van der Waals surface area (Å²) in [5, 5.41) is 17.9. The zero-order valence-corrected chi connectivity index (χ0v) is 15.2. The van der Waals surface area contributed by atoms with E-state index in [-0.39, 0.29) is 12.1 Å². The highest BCUT2D eigenvalue weighted by molar-refractivity contribution is 7.15. The van der Waals surface area contributed by atoms with E-state index in [2.05, 4.69) is 27.5 Å². The molecule has 3 rings (SSSR count). The molecule has 1 aliphatic heterocycles. The maximum Gasteiger partial charge on any atom is 0.273 e. The molecule has 1 aliphatic rings. The Morgan fingerprint density at radius 3 is 2.77 bits per heavy atom. The molecule has 0 saturated heterocycles.